The lowest BCUT2D eigenvalue weighted by Crippen LogP contribution is -2.59. The predicted molar refractivity (Wildman–Crippen MR) is 40.8 cm³/mol. The average molecular weight is 194 g/mol. The van der Waals surface area contributed by atoms with Crippen molar-refractivity contribution in [2.24, 2.45) is 0 Å². The van der Waals surface area contributed by atoms with Gasteiger partial charge in [-0.25, -0.2) is 0 Å². The highest BCUT2D eigenvalue weighted by atomic mass is 16.7. The topological polar surface area (TPSA) is 99.4 Å². The molecule has 4 N–H and O–H groups in total. The zero-order chi connectivity index (χ0) is 10.0. The van der Waals surface area contributed by atoms with Gasteiger partial charge in [0.1, 0.15) is 24.4 Å². The summed E-state index contributed by atoms with van der Waals surface area (Å²) in [5.74, 6) is 0. The molecule has 0 saturated carbocycles. The van der Waals surface area contributed by atoms with Crippen LogP contribution in [0.5, 0.6) is 0 Å². The molecule has 0 amide bonds. The van der Waals surface area contributed by atoms with Gasteiger partial charge in [-0.3, -0.25) is 0 Å². The first-order valence-electron chi connectivity index (χ1n) is 3.95. The molecule has 5 atom stereocenters. The van der Waals surface area contributed by atoms with E-state index in [1.54, 1.807) is 0 Å². The molecule has 1 saturated heterocycles. The first-order valence-corrected chi connectivity index (χ1v) is 3.95. The van der Waals surface area contributed by atoms with Gasteiger partial charge in [0.2, 0.25) is 0 Å². The third kappa shape index (κ3) is 1.98. The van der Waals surface area contributed by atoms with Crippen molar-refractivity contribution in [3.8, 4) is 0 Å². The molecular weight excluding hydrogens is 180 g/mol. The lowest BCUT2D eigenvalue weighted by molar-refractivity contribution is -0.291. The van der Waals surface area contributed by atoms with E-state index in [0.29, 0.717) is 0 Å². The van der Waals surface area contributed by atoms with E-state index in [9.17, 15) is 15.3 Å². The minimum atomic E-state index is -1.33. The van der Waals surface area contributed by atoms with Crippen molar-refractivity contribution in [3.63, 3.8) is 0 Å². The fraction of sp³-hybridized carbons (Fsp3) is 1.00. The molecule has 0 spiro atoms. The van der Waals surface area contributed by atoms with Crippen LogP contribution in [0.4, 0.5) is 0 Å². The molecule has 0 aromatic heterocycles. The first-order chi connectivity index (χ1) is 6.11. The van der Waals surface area contributed by atoms with E-state index < -0.39 is 37.3 Å². The van der Waals surface area contributed by atoms with E-state index in [-0.39, 0.29) is 0 Å². The largest absolute Gasteiger partial charge is 0.394 e. The monoisotopic (exact) mass is 194 g/mol. The molecule has 0 bridgehead atoms. The van der Waals surface area contributed by atoms with Crippen LogP contribution in [-0.4, -0.2) is 64.8 Å². The highest BCUT2D eigenvalue weighted by molar-refractivity contribution is 4.88. The van der Waals surface area contributed by atoms with Gasteiger partial charge in [-0.2, -0.15) is 0 Å². The highest BCUT2D eigenvalue weighted by Gasteiger charge is 2.43. The Bertz CT molecular complexity index is 163. The molecule has 1 aliphatic rings. The molecule has 0 aromatic carbocycles. The van der Waals surface area contributed by atoms with Gasteiger partial charge in [-0.05, 0) is 0 Å². The van der Waals surface area contributed by atoms with E-state index in [4.69, 9.17) is 14.6 Å². The van der Waals surface area contributed by atoms with Crippen molar-refractivity contribution in [1.29, 1.82) is 0 Å². The number of hydrogen-bond donors (Lipinski definition) is 4. The van der Waals surface area contributed by atoms with Crippen molar-refractivity contribution in [1.82, 2.24) is 0 Å². The Labute approximate surface area is 75.3 Å². The van der Waals surface area contributed by atoms with Gasteiger partial charge in [-0.1, -0.05) is 0 Å². The summed E-state index contributed by atoms with van der Waals surface area (Å²) in [7, 11) is 1.28. The molecule has 1 unspecified atom stereocenters. The van der Waals surface area contributed by atoms with E-state index in [1.807, 2.05) is 0 Å². The van der Waals surface area contributed by atoms with E-state index in [2.05, 4.69) is 0 Å². The normalized spacial score (nSPS) is 46.4. The van der Waals surface area contributed by atoms with Gasteiger partial charge in [0.25, 0.3) is 0 Å². The Morgan fingerprint density at radius 2 is 1.85 bits per heavy atom. The minimum absolute atomic E-state index is 0.467. The van der Waals surface area contributed by atoms with Crippen molar-refractivity contribution < 1.29 is 29.9 Å². The van der Waals surface area contributed by atoms with Crippen molar-refractivity contribution in [2.45, 2.75) is 30.7 Å². The van der Waals surface area contributed by atoms with Crippen LogP contribution in [0.25, 0.3) is 0 Å². The molecule has 6 nitrogen and oxygen atoms in total. The molecule has 1 rings (SSSR count). The first kappa shape index (κ1) is 10.8. The second kappa shape index (κ2) is 4.32. The maximum atomic E-state index is 9.38. The maximum absolute atomic E-state index is 9.38. The van der Waals surface area contributed by atoms with Crippen molar-refractivity contribution in [3.05, 3.63) is 0 Å². The van der Waals surface area contributed by atoms with Crippen LogP contribution in [0, 0.1) is 0 Å². The predicted octanol–water partition coefficient (Wildman–Crippen LogP) is -2.57. The molecule has 6 heteroatoms. The number of ether oxygens (including phenoxy) is 2. The van der Waals surface area contributed by atoms with Crippen molar-refractivity contribution in [2.75, 3.05) is 13.7 Å². The SMILES string of the molecule is CO[C@H]1C(O)O[C@H](CO)[C@@H](O)[C@@H]1O. The lowest BCUT2D eigenvalue weighted by Gasteiger charge is -2.39. The second-order valence-electron chi connectivity index (χ2n) is 2.93. The van der Waals surface area contributed by atoms with Gasteiger partial charge >= 0.3 is 0 Å². The van der Waals surface area contributed by atoms with Gasteiger partial charge in [0, 0.05) is 7.11 Å². The smallest absolute Gasteiger partial charge is 0.184 e. The average Bonchev–Trinajstić information content (AvgIpc) is 2.12. The summed E-state index contributed by atoms with van der Waals surface area (Å²) < 4.78 is 9.50. The van der Waals surface area contributed by atoms with Crippen LogP contribution >= 0.6 is 0 Å². The summed E-state index contributed by atoms with van der Waals surface area (Å²) in [6, 6.07) is 0. The summed E-state index contributed by atoms with van der Waals surface area (Å²) in [4.78, 5) is 0. The molecule has 0 radical (unpaired) electrons. The van der Waals surface area contributed by atoms with Crippen LogP contribution in [-0.2, 0) is 9.47 Å². The molecule has 0 aromatic rings. The van der Waals surface area contributed by atoms with Gasteiger partial charge < -0.3 is 29.9 Å². The summed E-state index contributed by atoms with van der Waals surface area (Å²) >= 11 is 0. The molecule has 1 aliphatic heterocycles. The van der Waals surface area contributed by atoms with Gasteiger partial charge in [0.15, 0.2) is 6.29 Å². The van der Waals surface area contributed by atoms with E-state index in [0.717, 1.165) is 0 Å². The minimum Gasteiger partial charge on any atom is -0.394 e. The quantitative estimate of drug-likeness (QED) is 0.386. The van der Waals surface area contributed by atoms with Crippen LogP contribution in [0.3, 0.4) is 0 Å². The third-order valence-corrected chi connectivity index (χ3v) is 2.11. The van der Waals surface area contributed by atoms with Gasteiger partial charge in [0.05, 0.1) is 6.61 Å². The molecule has 0 aliphatic carbocycles. The molecular formula is C7H14O6. The molecule has 1 heterocycles. The molecule has 1 fully saturated rings. The number of rotatable bonds is 2. The Kier molecular flexibility index (Phi) is 3.60. The fourth-order valence-electron chi connectivity index (χ4n) is 1.33. The summed E-state index contributed by atoms with van der Waals surface area (Å²) in [5.41, 5.74) is 0. The lowest BCUT2D eigenvalue weighted by atomic mass is 9.99. The van der Waals surface area contributed by atoms with E-state index >= 15 is 0 Å². The van der Waals surface area contributed by atoms with Crippen LogP contribution in [0.1, 0.15) is 0 Å². The second-order valence-corrected chi connectivity index (χ2v) is 2.93. The Hall–Kier alpha value is -0.240. The van der Waals surface area contributed by atoms with Crippen LogP contribution in [0.15, 0.2) is 0 Å². The molecule has 78 valence electrons. The van der Waals surface area contributed by atoms with Crippen LogP contribution in [0.2, 0.25) is 0 Å². The highest BCUT2D eigenvalue weighted by Crippen LogP contribution is 2.21. The van der Waals surface area contributed by atoms with Crippen LogP contribution < -0.4 is 0 Å². The standard InChI is InChI=1S/C7H14O6/c1-12-6-5(10)4(9)3(2-8)13-7(6)11/h3-11H,2H2,1H3/t3-,4-,5+,6-,7?/m1/s1. The summed E-state index contributed by atoms with van der Waals surface area (Å²) in [6.45, 7) is -0.467. The number of aliphatic hydroxyl groups is 4. The zero-order valence-corrected chi connectivity index (χ0v) is 7.20. The third-order valence-electron chi connectivity index (χ3n) is 2.11. The summed E-state index contributed by atoms with van der Waals surface area (Å²) in [5, 5.41) is 36.7. The maximum Gasteiger partial charge on any atom is 0.184 e. The number of methoxy groups -OCH3 is 1. The zero-order valence-electron chi connectivity index (χ0n) is 7.20. The number of hydrogen-bond acceptors (Lipinski definition) is 6. The van der Waals surface area contributed by atoms with Gasteiger partial charge in [-0.15, -0.1) is 0 Å². The Balaban J connectivity index is 2.66. The Morgan fingerprint density at radius 3 is 2.31 bits per heavy atom. The summed E-state index contributed by atoms with van der Waals surface area (Å²) in [6.07, 6.45) is -5.81. The number of aliphatic hydroxyl groups excluding tert-OH is 4. The van der Waals surface area contributed by atoms with Crippen molar-refractivity contribution >= 4 is 0 Å². The van der Waals surface area contributed by atoms with E-state index in [1.165, 1.54) is 7.11 Å². The molecule has 13 heavy (non-hydrogen) atoms. The fourth-order valence-corrected chi connectivity index (χ4v) is 1.33. The Morgan fingerprint density at radius 1 is 1.23 bits per heavy atom.